The molecule has 13 heteroatoms. The van der Waals surface area contributed by atoms with Crippen molar-refractivity contribution in [3.63, 3.8) is 0 Å². The van der Waals surface area contributed by atoms with Crippen LogP contribution in [0.4, 0.5) is 5.69 Å². The standard InChI is InChI=1S/C20H29N3O10/c24-11-15-16(25)17(26)18(27)20(33-15)32-14-9-12(8-13(10-14)23(29)30)19(28)21-2-1-3-22-4-6-31-7-5-22/h8-10,15-18,20,24-27H,1-7,11H2,(H,21,28)/t15-,16+,17+,18-,20+/m1/s1. The number of morpholine rings is 1. The van der Waals surface area contributed by atoms with Crippen LogP contribution in [0.25, 0.3) is 0 Å². The van der Waals surface area contributed by atoms with Gasteiger partial charge in [-0.25, -0.2) is 0 Å². The summed E-state index contributed by atoms with van der Waals surface area (Å²) < 4.78 is 16.0. The van der Waals surface area contributed by atoms with E-state index in [1.54, 1.807) is 0 Å². The normalized spacial score (nSPS) is 28.3. The highest BCUT2D eigenvalue weighted by Gasteiger charge is 2.44. The van der Waals surface area contributed by atoms with Gasteiger partial charge in [-0.2, -0.15) is 0 Å². The molecule has 0 spiro atoms. The minimum Gasteiger partial charge on any atom is -0.462 e. The van der Waals surface area contributed by atoms with Crippen LogP contribution in [0.15, 0.2) is 18.2 Å². The van der Waals surface area contributed by atoms with Crippen molar-refractivity contribution in [2.45, 2.75) is 37.1 Å². The molecule has 0 aromatic heterocycles. The number of aliphatic hydroxyl groups is 4. The summed E-state index contributed by atoms with van der Waals surface area (Å²) in [5, 5.41) is 53.2. The lowest BCUT2D eigenvalue weighted by molar-refractivity contribution is -0.385. The second-order valence-electron chi connectivity index (χ2n) is 7.85. The van der Waals surface area contributed by atoms with Crippen LogP contribution in [0.2, 0.25) is 0 Å². The molecule has 0 saturated carbocycles. The predicted molar refractivity (Wildman–Crippen MR) is 112 cm³/mol. The van der Waals surface area contributed by atoms with Crippen molar-refractivity contribution in [1.29, 1.82) is 0 Å². The van der Waals surface area contributed by atoms with Crippen LogP contribution in [0.5, 0.6) is 5.75 Å². The van der Waals surface area contributed by atoms with Gasteiger partial charge in [0.15, 0.2) is 0 Å². The molecule has 184 valence electrons. The molecule has 0 radical (unpaired) electrons. The SMILES string of the molecule is O=C(NCCCN1CCOCC1)c1cc(O[C@H]2O[C@H](CO)[C@H](O)[C@H](O)[C@H]2O)cc([N+](=O)[O-])c1. The first-order valence-electron chi connectivity index (χ1n) is 10.6. The molecule has 5 N–H and O–H groups in total. The fourth-order valence-corrected chi connectivity index (χ4v) is 3.62. The first kappa shape index (κ1) is 25.2. The quantitative estimate of drug-likeness (QED) is 0.156. The largest absolute Gasteiger partial charge is 0.462 e. The maximum Gasteiger partial charge on any atom is 0.273 e. The van der Waals surface area contributed by atoms with Crippen LogP contribution in [0, 0.1) is 10.1 Å². The van der Waals surface area contributed by atoms with Gasteiger partial charge in [0, 0.05) is 31.3 Å². The lowest BCUT2D eigenvalue weighted by Crippen LogP contribution is -2.60. The van der Waals surface area contributed by atoms with Crippen molar-refractivity contribution in [3.8, 4) is 5.75 Å². The number of rotatable bonds is 9. The second kappa shape index (κ2) is 11.7. The van der Waals surface area contributed by atoms with Crippen LogP contribution in [0.3, 0.4) is 0 Å². The summed E-state index contributed by atoms with van der Waals surface area (Å²) in [5.41, 5.74) is -0.453. The summed E-state index contributed by atoms with van der Waals surface area (Å²) in [6.07, 6.45) is -7.00. The summed E-state index contributed by atoms with van der Waals surface area (Å²) in [6.45, 7) is 3.51. The lowest BCUT2D eigenvalue weighted by Gasteiger charge is -2.39. The Kier molecular flexibility index (Phi) is 8.91. The number of amides is 1. The van der Waals surface area contributed by atoms with E-state index in [4.69, 9.17) is 14.2 Å². The van der Waals surface area contributed by atoms with E-state index in [1.165, 1.54) is 6.07 Å². The third-order valence-electron chi connectivity index (χ3n) is 5.51. The van der Waals surface area contributed by atoms with E-state index in [0.717, 1.165) is 31.8 Å². The third-order valence-corrected chi connectivity index (χ3v) is 5.51. The summed E-state index contributed by atoms with van der Waals surface area (Å²) in [4.78, 5) is 25.4. The molecule has 2 saturated heterocycles. The molecule has 2 aliphatic rings. The second-order valence-corrected chi connectivity index (χ2v) is 7.85. The summed E-state index contributed by atoms with van der Waals surface area (Å²) >= 11 is 0. The lowest BCUT2D eigenvalue weighted by atomic mass is 9.99. The molecule has 3 rings (SSSR count). The van der Waals surface area contributed by atoms with E-state index in [1.807, 2.05) is 0 Å². The van der Waals surface area contributed by atoms with Gasteiger partial charge in [-0.3, -0.25) is 19.8 Å². The van der Waals surface area contributed by atoms with Crippen LogP contribution in [-0.2, 0) is 9.47 Å². The molecule has 0 aliphatic carbocycles. The minimum atomic E-state index is -1.69. The number of benzene rings is 1. The molecule has 2 fully saturated rings. The smallest absolute Gasteiger partial charge is 0.273 e. The Morgan fingerprint density at radius 3 is 2.58 bits per heavy atom. The van der Waals surface area contributed by atoms with Gasteiger partial charge in [-0.05, 0) is 19.0 Å². The number of non-ortho nitro benzene ring substituents is 1. The summed E-state index contributed by atoms with van der Waals surface area (Å²) in [7, 11) is 0. The first-order valence-corrected chi connectivity index (χ1v) is 10.6. The Balaban J connectivity index is 1.64. The van der Waals surface area contributed by atoms with Crippen molar-refractivity contribution < 1.29 is 44.4 Å². The van der Waals surface area contributed by atoms with Gasteiger partial charge in [0.05, 0.1) is 30.8 Å². The molecule has 1 aromatic rings. The van der Waals surface area contributed by atoms with Crippen molar-refractivity contribution in [2.75, 3.05) is 46.0 Å². The molecular formula is C20H29N3O10. The zero-order valence-corrected chi connectivity index (χ0v) is 17.9. The minimum absolute atomic E-state index is 0.0323. The molecule has 1 amide bonds. The van der Waals surface area contributed by atoms with Gasteiger partial charge in [0.1, 0.15) is 30.2 Å². The highest BCUT2D eigenvalue weighted by atomic mass is 16.7. The zero-order valence-electron chi connectivity index (χ0n) is 17.9. The van der Waals surface area contributed by atoms with Crippen LogP contribution >= 0.6 is 0 Å². The Bertz CT molecular complexity index is 817. The molecule has 0 bridgehead atoms. The van der Waals surface area contributed by atoms with Gasteiger partial charge in [-0.15, -0.1) is 0 Å². The number of aliphatic hydroxyl groups excluding tert-OH is 4. The molecular weight excluding hydrogens is 442 g/mol. The number of nitrogens with zero attached hydrogens (tertiary/aromatic N) is 2. The van der Waals surface area contributed by atoms with Crippen molar-refractivity contribution in [2.24, 2.45) is 0 Å². The molecule has 5 atom stereocenters. The van der Waals surface area contributed by atoms with Crippen molar-refractivity contribution in [3.05, 3.63) is 33.9 Å². The fraction of sp³-hybridized carbons (Fsp3) is 0.650. The van der Waals surface area contributed by atoms with E-state index < -0.39 is 53.8 Å². The van der Waals surface area contributed by atoms with Gasteiger partial charge in [0.2, 0.25) is 6.29 Å². The van der Waals surface area contributed by atoms with Gasteiger partial charge in [0.25, 0.3) is 11.6 Å². The van der Waals surface area contributed by atoms with E-state index in [-0.39, 0.29) is 11.3 Å². The summed E-state index contributed by atoms with van der Waals surface area (Å²) in [5.74, 6) is -0.702. The number of carbonyl (C=O) groups is 1. The number of nitro benzene ring substituents is 1. The monoisotopic (exact) mass is 471 g/mol. The van der Waals surface area contributed by atoms with Gasteiger partial charge in [-0.1, -0.05) is 0 Å². The Hall–Kier alpha value is -2.39. The molecule has 2 aliphatic heterocycles. The fourth-order valence-electron chi connectivity index (χ4n) is 3.62. The highest BCUT2D eigenvalue weighted by molar-refractivity contribution is 5.95. The average molecular weight is 471 g/mol. The van der Waals surface area contributed by atoms with Crippen LogP contribution in [-0.4, -0.2) is 113 Å². The number of nitrogens with one attached hydrogen (secondary N) is 1. The molecule has 0 unspecified atom stereocenters. The van der Waals surface area contributed by atoms with Gasteiger partial charge < -0.3 is 40.0 Å². The van der Waals surface area contributed by atoms with Crippen LogP contribution in [0.1, 0.15) is 16.8 Å². The van der Waals surface area contributed by atoms with E-state index >= 15 is 0 Å². The van der Waals surface area contributed by atoms with Gasteiger partial charge >= 0.3 is 0 Å². The zero-order chi connectivity index (χ0) is 24.0. The highest BCUT2D eigenvalue weighted by Crippen LogP contribution is 2.28. The Morgan fingerprint density at radius 1 is 1.18 bits per heavy atom. The van der Waals surface area contributed by atoms with Crippen molar-refractivity contribution >= 4 is 11.6 Å². The molecule has 33 heavy (non-hydrogen) atoms. The molecule has 2 heterocycles. The number of nitro groups is 1. The number of hydrogen-bond acceptors (Lipinski definition) is 11. The first-order chi connectivity index (χ1) is 15.8. The van der Waals surface area contributed by atoms with E-state index in [2.05, 4.69) is 10.2 Å². The number of carbonyl (C=O) groups excluding carboxylic acids is 1. The number of ether oxygens (including phenoxy) is 3. The Morgan fingerprint density at radius 2 is 1.91 bits per heavy atom. The van der Waals surface area contributed by atoms with E-state index in [9.17, 15) is 35.3 Å². The summed E-state index contributed by atoms with van der Waals surface area (Å²) in [6, 6.07) is 3.37. The van der Waals surface area contributed by atoms with Crippen LogP contribution < -0.4 is 10.1 Å². The van der Waals surface area contributed by atoms with Crippen molar-refractivity contribution in [1.82, 2.24) is 10.2 Å². The number of hydrogen-bond donors (Lipinski definition) is 5. The third kappa shape index (κ3) is 6.57. The average Bonchev–Trinajstić information content (AvgIpc) is 2.82. The maximum absolute atomic E-state index is 12.6. The maximum atomic E-state index is 12.6. The Labute approximate surface area is 189 Å². The topological polar surface area (TPSA) is 184 Å². The predicted octanol–water partition coefficient (Wildman–Crippen LogP) is -1.77. The molecule has 1 aromatic carbocycles. The molecule has 13 nitrogen and oxygen atoms in total. The van der Waals surface area contributed by atoms with E-state index in [0.29, 0.717) is 26.2 Å².